The lowest BCUT2D eigenvalue weighted by Crippen LogP contribution is -2.16. The molecule has 2 aromatic heterocycles. The molecule has 1 atom stereocenters. The van der Waals surface area contributed by atoms with Crippen molar-refractivity contribution in [2.75, 3.05) is 17.2 Å². The van der Waals surface area contributed by atoms with E-state index in [9.17, 15) is 10.4 Å². The van der Waals surface area contributed by atoms with Crippen molar-refractivity contribution in [3.63, 3.8) is 0 Å². The molecular weight excluding hydrogens is 402 g/mol. The van der Waals surface area contributed by atoms with E-state index in [4.69, 9.17) is 10.7 Å². The summed E-state index contributed by atoms with van der Waals surface area (Å²) in [5.41, 5.74) is 9.39. The number of nitrogens with one attached hydrogen (secondary N) is 2. The molecule has 8 nitrogen and oxygen atoms in total. The number of anilines is 2. The smallest absolute Gasteiger partial charge is 0.140 e. The molecule has 4 rings (SSSR count). The third kappa shape index (κ3) is 4.58. The fourth-order valence-electron chi connectivity index (χ4n) is 3.43. The van der Waals surface area contributed by atoms with Crippen LogP contribution in [-0.2, 0) is 0 Å². The predicted molar refractivity (Wildman–Crippen MR) is 126 cm³/mol. The Bertz CT molecular complexity index is 1220. The van der Waals surface area contributed by atoms with Crippen molar-refractivity contribution in [3.05, 3.63) is 66.3 Å². The maximum absolute atomic E-state index is 10.2. The summed E-state index contributed by atoms with van der Waals surface area (Å²) in [6, 6.07) is 12.0. The van der Waals surface area contributed by atoms with Gasteiger partial charge in [-0.1, -0.05) is 0 Å². The number of aliphatic hydroxyl groups is 1. The van der Waals surface area contributed by atoms with Gasteiger partial charge in [0.1, 0.15) is 18.0 Å². The highest BCUT2D eigenvalue weighted by molar-refractivity contribution is 5.81. The standard InChI is InChI=1S/C24H27N7O/c1-16(26)4-3-11-27-18-5-7-21-20(12-18)29-15-31(21)22-8-6-19(17(2)32)23(30-22)28-14-24(13-25)9-10-24/h3-8,11-12,15,17,27,32H,9-10,14,26H2,1-2H3,(H,28,30)/b11-3?,16-4-. The zero-order chi connectivity index (χ0) is 22.7. The maximum Gasteiger partial charge on any atom is 0.140 e. The fourth-order valence-corrected chi connectivity index (χ4v) is 3.43. The third-order valence-electron chi connectivity index (χ3n) is 5.55. The molecule has 0 aliphatic heterocycles. The van der Waals surface area contributed by atoms with Gasteiger partial charge in [-0.15, -0.1) is 0 Å². The molecule has 32 heavy (non-hydrogen) atoms. The van der Waals surface area contributed by atoms with Gasteiger partial charge in [-0.25, -0.2) is 9.97 Å². The van der Waals surface area contributed by atoms with Crippen molar-refractivity contribution >= 4 is 22.5 Å². The van der Waals surface area contributed by atoms with E-state index in [-0.39, 0.29) is 5.41 Å². The van der Waals surface area contributed by atoms with Crippen LogP contribution in [0.2, 0.25) is 0 Å². The topological polar surface area (TPSA) is 125 Å². The Kier molecular flexibility index (Phi) is 5.84. The van der Waals surface area contributed by atoms with Gasteiger partial charge in [0.05, 0.1) is 28.6 Å². The van der Waals surface area contributed by atoms with Gasteiger partial charge in [0.25, 0.3) is 0 Å². The molecule has 0 amide bonds. The van der Waals surface area contributed by atoms with Crippen molar-refractivity contribution in [1.82, 2.24) is 14.5 Å². The Morgan fingerprint density at radius 2 is 2.19 bits per heavy atom. The van der Waals surface area contributed by atoms with Gasteiger partial charge < -0.3 is 21.5 Å². The van der Waals surface area contributed by atoms with Crippen LogP contribution in [0.15, 0.2) is 60.7 Å². The lowest BCUT2D eigenvalue weighted by Gasteiger charge is -2.16. The fraction of sp³-hybridized carbons (Fsp3) is 0.292. The van der Waals surface area contributed by atoms with Gasteiger partial charge in [0.15, 0.2) is 0 Å². The Hall–Kier alpha value is -3.83. The summed E-state index contributed by atoms with van der Waals surface area (Å²) in [6.07, 6.45) is 8.32. The molecule has 0 spiro atoms. The highest BCUT2D eigenvalue weighted by Crippen LogP contribution is 2.45. The summed E-state index contributed by atoms with van der Waals surface area (Å²) in [6.45, 7) is 4.06. The molecule has 1 fully saturated rings. The first-order valence-corrected chi connectivity index (χ1v) is 10.6. The van der Waals surface area contributed by atoms with E-state index in [2.05, 4.69) is 21.7 Å². The predicted octanol–water partition coefficient (Wildman–Crippen LogP) is 3.98. The summed E-state index contributed by atoms with van der Waals surface area (Å²) in [5, 5.41) is 26.0. The normalized spacial score (nSPS) is 16.1. The highest BCUT2D eigenvalue weighted by Gasteiger charge is 2.43. The van der Waals surface area contributed by atoms with Crippen molar-refractivity contribution in [2.45, 2.75) is 32.8 Å². The number of benzene rings is 1. The number of pyridine rings is 1. The van der Waals surface area contributed by atoms with E-state index in [0.717, 1.165) is 35.3 Å². The van der Waals surface area contributed by atoms with Crippen LogP contribution in [0, 0.1) is 16.7 Å². The largest absolute Gasteiger partial charge is 0.402 e. The summed E-state index contributed by atoms with van der Waals surface area (Å²) in [4.78, 5) is 9.27. The van der Waals surface area contributed by atoms with Crippen LogP contribution in [0.3, 0.4) is 0 Å². The number of imidazole rings is 1. The molecule has 1 aliphatic rings. The van der Waals surface area contributed by atoms with Crippen LogP contribution in [0.4, 0.5) is 11.5 Å². The number of nitriles is 1. The Labute approximate surface area is 187 Å². The van der Waals surface area contributed by atoms with Crippen LogP contribution in [0.25, 0.3) is 16.9 Å². The maximum atomic E-state index is 10.2. The number of fused-ring (bicyclic) bond motifs is 1. The van der Waals surface area contributed by atoms with E-state index < -0.39 is 6.10 Å². The van der Waals surface area contributed by atoms with E-state index in [1.54, 1.807) is 13.3 Å². The Morgan fingerprint density at radius 1 is 1.38 bits per heavy atom. The number of allylic oxidation sites excluding steroid dienone is 3. The number of hydrogen-bond donors (Lipinski definition) is 4. The number of aromatic nitrogens is 3. The Morgan fingerprint density at radius 3 is 2.88 bits per heavy atom. The average molecular weight is 430 g/mol. The van der Waals surface area contributed by atoms with Gasteiger partial charge >= 0.3 is 0 Å². The second-order valence-electron chi connectivity index (χ2n) is 8.26. The second kappa shape index (κ2) is 8.73. The monoisotopic (exact) mass is 429 g/mol. The molecule has 0 saturated heterocycles. The number of hydrogen-bond acceptors (Lipinski definition) is 7. The number of nitrogens with zero attached hydrogens (tertiary/aromatic N) is 4. The lowest BCUT2D eigenvalue weighted by molar-refractivity contribution is 0.199. The molecular formula is C24H27N7O. The summed E-state index contributed by atoms with van der Waals surface area (Å²) in [5.74, 6) is 1.28. The lowest BCUT2D eigenvalue weighted by atomic mass is 10.1. The summed E-state index contributed by atoms with van der Waals surface area (Å²) >= 11 is 0. The van der Waals surface area contributed by atoms with E-state index >= 15 is 0 Å². The van der Waals surface area contributed by atoms with Crippen LogP contribution in [0.1, 0.15) is 38.4 Å². The van der Waals surface area contributed by atoms with Crippen LogP contribution >= 0.6 is 0 Å². The van der Waals surface area contributed by atoms with Crippen LogP contribution in [-0.4, -0.2) is 26.2 Å². The van der Waals surface area contributed by atoms with Gasteiger partial charge in [0, 0.05) is 29.7 Å². The first-order valence-electron chi connectivity index (χ1n) is 10.6. The minimum absolute atomic E-state index is 0.314. The first-order chi connectivity index (χ1) is 15.4. The molecule has 5 N–H and O–H groups in total. The zero-order valence-electron chi connectivity index (χ0n) is 18.2. The van der Waals surface area contributed by atoms with Gasteiger partial charge in [0.2, 0.25) is 0 Å². The van der Waals surface area contributed by atoms with Gasteiger partial charge in [-0.3, -0.25) is 4.57 Å². The molecule has 2 heterocycles. The molecule has 3 aromatic rings. The van der Waals surface area contributed by atoms with Gasteiger partial charge in [-0.2, -0.15) is 5.26 Å². The average Bonchev–Trinajstić information content (AvgIpc) is 3.45. The van der Waals surface area contributed by atoms with E-state index in [1.807, 2.05) is 60.2 Å². The third-order valence-corrected chi connectivity index (χ3v) is 5.55. The number of nitrogens with two attached hydrogens (primary N) is 1. The second-order valence-corrected chi connectivity index (χ2v) is 8.26. The Balaban J connectivity index is 1.60. The van der Waals surface area contributed by atoms with E-state index in [0.29, 0.717) is 23.7 Å². The minimum atomic E-state index is -0.671. The molecule has 1 aliphatic carbocycles. The molecule has 0 bridgehead atoms. The van der Waals surface area contributed by atoms with Crippen LogP contribution < -0.4 is 16.4 Å². The quantitative estimate of drug-likeness (QED) is 0.399. The summed E-state index contributed by atoms with van der Waals surface area (Å²) < 4.78 is 1.91. The molecule has 1 unspecified atom stereocenters. The SMILES string of the molecule is C/C(N)=C/C=CNc1ccc2c(c1)ncn2-c1ccc(C(C)O)c(NCC2(C#N)CC2)n1. The first kappa shape index (κ1) is 21.4. The van der Waals surface area contributed by atoms with Crippen LogP contribution in [0.5, 0.6) is 0 Å². The van der Waals surface area contributed by atoms with E-state index in [1.165, 1.54) is 0 Å². The van der Waals surface area contributed by atoms with Crippen molar-refractivity contribution in [1.29, 1.82) is 5.26 Å². The van der Waals surface area contributed by atoms with Crippen molar-refractivity contribution in [3.8, 4) is 11.9 Å². The molecule has 1 aromatic carbocycles. The molecule has 164 valence electrons. The molecule has 8 heteroatoms. The molecule has 1 saturated carbocycles. The zero-order valence-corrected chi connectivity index (χ0v) is 18.2. The summed E-state index contributed by atoms with van der Waals surface area (Å²) in [7, 11) is 0. The highest BCUT2D eigenvalue weighted by atomic mass is 16.3. The van der Waals surface area contributed by atoms with Gasteiger partial charge in [-0.05, 0) is 69.2 Å². The van der Waals surface area contributed by atoms with Crippen molar-refractivity contribution in [2.24, 2.45) is 11.1 Å². The number of aliphatic hydroxyl groups excluding tert-OH is 1. The van der Waals surface area contributed by atoms with Crippen molar-refractivity contribution < 1.29 is 5.11 Å². The molecule has 0 radical (unpaired) electrons. The number of rotatable bonds is 8. The minimum Gasteiger partial charge on any atom is -0.402 e.